The van der Waals surface area contributed by atoms with Crippen molar-refractivity contribution in [3.63, 3.8) is 0 Å². The first-order chi connectivity index (χ1) is 10.6. The van der Waals surface area contributed by atoms with Crippen LogP contribution in [0.15, 0.2) is 23.1 Å². The van der Waals surface area contributed by atoms with E-state index in [2.05, 4.69) is 10.0 Å². The van der Waals surface area contributed by atoms with Crippen LogP contribution in [0, 0.1) is 5.82 Å². The highest BCUT2D eigenvalue weighted by molar-refractivity contribution is 7.93. The van der Waals surface area contributed by atoms with Gasteiger partial charge in [-0.05, 0) is 32.0 Å². The highest BCUT2D eigenvalue weighted by Gasteiger charge is 2.27. The number of sulfonamides is 2. The second-order valence-corrected chi connectivity index (χ2v) is 9.67. The van der Waals surface area contributed by atoms with E-state index in [0.29, 0.717) is 26.2 Å². The molecule has 1 saturated heterocycles. The van der Waals surface area contributed by atoms with E-state index in [1.165, 1.54) is 24.2 Å². The molecule has 0 atom stereocenters. The second-order valence-electron chi connectivity index (χ2n) is 5.49. The van der Waals surface area contributed by atoms with Crippen LogP contribution in [0.3, 0.4) is 0 Å². The molecule has 2 N–H and O–H groups in total. The van der Waals surface area contributed by atoms with Crippen molar-refractivity contribution in [1.82, 2.24) is 9.62 Å². The van der Waals surface area contributed by atoms with E-state index in [0.717, 1.165) is 12.1 Å². The van der Waals surface area contributed by atoms with Gasteiger partial charge in [0.05, 0.1) is 15.8 Å². The first-order valence-electron chi connectivity index (χ1n) is 7.16. The Morgan fingerprint density at radius 1 is 1.17 bits per heavy atom. The molecule has 1 aliphatic heterocycles. The van der Waals surface area contributed by atoms with E-state index >= 15 is 0 Å². The minimum absolute atomic E-state index is 0.190. The first-order valence-corrected chi connectivity index (χ1v) is 10.2. The van der Waals surface area contributed by atoms with E-state index in [9.17, 15) is 21.2 Å². The minimum Gasteiger partial charge on any atom is -0.314 e. The quantitative estimate of drug-likeness (QED) is 0.795. The minimum atomic E-state index is -3.79. The van der Waals surface area contributed by atoms with E-state index in [1.54, 1.807) is 0 Å². The third kappa shape index (κ3) is 4.00. The number of nitrogens with zero attached hydrogens (tertiary/aromatic N) is 1. The van der Waals surface area contributed by atoms with Crippen molar-refractivity contribution in [3.8, 4) is 0 Å². The monoisotopic (exact) mass is 365 g/mol. The topological polar surface area (TPSA) is 95.6 Å². The van der Waals surface area contributed by atoms with Crippen LogP contribution in [0.25, 0.3) is 0 Å². The SMILES string of the molecule is CC(C)S(=O)(=O)Nc1ccc(S(=O)(=O)N2CCNCC2)cc1F. The Hall–Kier alpha value is -1.23. The van der Waals surface area contributed by atoms with Crippen molar-refractivity contribution >= 4 is 25.7 Å². The Morgan fingerprint density at radius 3 is 2.30 bits per heavy atom. The smallest absolute Gasteiger partial charge is 0.243 e. The van der Waals surface area contributed by atoms with E-state index < -0.39 is 31.1 Å². The van der Waals surface area contributed by atoms with Gasteiger partial charge in [-0.3, -0.25) is 4.72 Å². The van der Waals surface area contributed by atoms with Crippen LogP contribution >= 0.6 is 0 Å². The van der Waals surface area contributed by atoms with E-state index in [-0.39, 0.29) is 10.6 Å². The van der Waals surface area contributed by atoms with Gasteiger partial charge in [-0.2, -0.15) is 4.31 Å². The maximum Gasteiger partial charge on any atom is 0.243 e. The van der Waals surface area contributed by atoms with Gasteiger partial charge in [0, 0.05) is 26.2 Å². The van der Waals surface area contributed by atoms with Crippen LogP contribution in [0.4, 0.5) is 10.1 Å². The normalized spacial score (nSPS) is 17.4. The molecule has 130 valence electrons. The molecule has 0 saturated carbocycles. The summed E-state index contributed by atoms with van der Waals surface area (Å²) >= 11 is 0. The standard InChI is InChI=1S/C13H20FN3O4S2/c1-10(2)22(18,19)16-13-4-3-11(9-12(13)14)23(20,21)17-7-5-15-6-8-17/h3-4,9-10,15-16H,5-8H2,1-2H3. The number of piperazine rings is 1. The fraction of sp³-hybridized carbons (Fsp3) is 0.538. The Morgan fingerprint density at radius 2 is 1.78 bits per heavy atom. The van der Waals surface area contributed by atoms with Crippen LogP contribution in [0.1, 0.15) is 13.8 Å². The Kier molecular flexibility index (Phi) is 5.29. The summed E-state index contributed by atoms with van der Waals surface area (Å²) in [5, 5.41) is 2.31. The van der Waals surface area contributed by atoms with Crippen molar-refractivity contribution in [2.45, 2.75) is 24.0 Å². The summed E-state index contributed by atoms with van der Waals surface area (Å²) in [5.41, 5.74) is -0.266. The molecule has 1 heterocycles. The van der Waals surface area contributed by atoms with Crippen LogP contribution < -0.4 is 10.0 Å². The van der Waals surface area contributed by atoms with Gasteiger partial charge in [0.2, 0.25) is 20.0 Å². The number of hydrogen-bond donors (Lipinski definition) is 2. The Balaban J connectivity index is 2.28. The second kappa shape index (κ2) is 6.71. The molecular formula is C13H20FN3O4S2. The summed E-state index contributed by atoms with van der Waals surface area (Å²) in [6, 6.07) is 3.18. The number of nitrogens with one attached hydrogen (secondary N) is 2. The van der Waals surface area contributed by atoms with Crippen molar-refractivity contribution in [3.05, 3.63) is 24.0 Å². The molecule has 0 amide bonds. The molecule has 1 aliphatic rings. The van der Waals surface area contributed by atoms with Gasteiger partial charge < -0.3 is 5.32 Å². The zero-order valence-corrected chi connectivity index (χ0v) is 14.5. The third-order valence-corrected chi connectivity index (χ3v) is 7.17. The van der Waals surface area contributed by atoms with Crippen LogP contribution in [0.2, 0.25) is 0 Å². The van der Waals surface area contributed by atoms with Gasteiger partial charge in [-0.25, -0.2) is 21.2 Å². The predicted molar refractivity (Wildman–Crippen MR) is 85.7 cm³/mol. The summed E-state index contributed by atoms with van der Waals surface area (Å²) < 4.78 is 65.9. The predicted octanol–water partition coefficient (Wildman–Crippen LogP) is 0.570. The Bertz CT molecular complexity index is 772. The lowest BCUT2D eigenvalue weighted by atomic mass is 10.3. The molecule has 1 fully saturated rings. The highest BCUT2D eigenvalue weighted by Crippen LogP contribution is 2.23. The van der Waals surface area contributed by atoms with Crippen LogP contribution in [-0.2, 0) is 20.0 Å². The van der Waals surface area contributed by atoms with Crippen molar-refractivity contribution in [2.24, 2.45) is 0 Å². The van der Waals surface area contributed by atoms with Gasteiger partial charge in [-0.1, -0.05) is 0 Å². The fourth-order valence-electron chi connectivity index (χ4n) is 2.04. The number of anilines is 1. The largest absolute Gasteiger partial charge is 0.314 e. The lowest BCUT2D eigenvalue weighted by molar-refractivity contribution is 0.360. The number of halogens is 1. The summed E-state index contributed by atoms with van der Waals surface area (Å²) in [5.74, 6) is -0.926. The molecule has 2 rings (SSSR count). The molecule has 23 heavy (non-hydrogen) atoms. The molecule has 7 nitrogen and oxygen atoms in total. The molecule has 0 aromatic heterocycles. The summed E-state index contributed by atoms with van der Waals surface area (Å²) in [7, 11) is -7.49. The maximum absolute atomic E-state index is 14.1. The first kappa shape index (κ1) is 18.1. The summed E-state index contributed by atoms with van der Waals surface area (Å²) in [6.07, 6.45) is 0. The number of rotatable bonds is 5. The van der Waals surface area contributed by atoms with Crippen molar-refractivity contribution < 1.29 is 21.2 Å². The zero-order chi connectivity index (χ0) is 17.3. The van der Waals surface area contributed by atoms with Crippen molar-refractivity contribution in [2.75, 3.05) is 30.9 Å². The van der Waals surface area contributed by atoms with Gasteiger partial charge in [0.15, 0.2) is 0 Å². The number of hydrogen-bond acceptors (Lipinski definition) is 5. The van der Waals surface area contributed by atoms with Gasteiger partial charge in [-0.15, -0.1) is 0 Å². The molecule has 1 aromatic rings. The fourth-order valence-corrected chi connectivity index (χ4v) is 4.21. The van der Waals surface area contributed by atoms with E-state index in [1.807, 2.05) is 0 Å². The molecule has 0 aliphatic carbocycles. The molecule has 10 heteroatoms. The summed E-state index contributed by atoms with van der Waals surface area (Å²) in [6.45, 7) is 4.62. The Labute approximate surface area is 136 Å². The molecule has 0 spiro atoms. The average Bonchev–Trinajstić information content (AvgIpc) is 2.49. The van der Waals surface area contributed by atoms with Gasteiger partial charge >= 0.3 is 0 Å². The van der Waals surface area contributed by atoms with Crippen molar-refractivity contribution in [1.29, 1.82) is 0 Å². The van der Waals surface area contributed by atoms with Crippen LogP contribution in [0.5, 0.6) is 0 Å². The summed E-state index contributed by atoms with van der Waals surface area (Å²) in [4.78, 5) is -0.190. The molecule has 0 unspecified atom stereocenters. The number of benzene rings is 1. The maximum atomic E-state index is 14.1. The lowest BCUT2D eigenvalue weighted by Gasteiger charge is -2.26. The average molecular weight is 365 g/mol. The molecule has 1 aromatic carbocycles. The van der Waals surface area contributed by atoms with Gasteiger partial charge in [0.25, 0.3) is 0 Å². The van der Waals surface area contributed by atoms with Crippen LogP contribution in [-0.4, -0.2) is 52.6 Å². The third-order valence-electron chi connectivity index (χ3n) is 3.53. The zero-order valence-electron chi connectivity index (χ0n) is 12.9. The molecule has 0 radical (unpaired) electrons. The lowest BCUT2D eigenvalue weighted by Crippen LogP contribution is -2.46. The highest BCUT2D eigenvalue weighted by atomic mass is 32.2. The van der Waals surface area contributed by atoms with E-state index in [4.69, 9.17) is 0 Å². The molecular weight excluding hydrogens is 345 g/mol. The molecule has 0 bridgehead atoms. The van der Waals surface area contributed by atoms with Gasteiger partial charge in [0.1, 0.15) is 5.82 Å².